The van der Waals surface area contributed by atoms with Crippen molar-refractivity contribution in [2.45, 2.75) is 6.42 Å². The lowest BCUT2D eigenvalue weighted by Crippen LogP contribution is -2.24. The van der Waals surface area contributed by atoms with E-state index >= 15 is 0 Å². The SMILES string of the molecule is O=[C]CCNC(=O)c1ccc(C(=O)O)cc1. The lowest BCUT2D eigenvalue weighted by atomic mass is 10.1. The van der Waals surface area contributed by atoms with E-state index in [1.54, 1.807) is 6.29 Å². The number of carbonyl (C=O) groups is 2. The molecule has 1 rings (SSSR count). The zero-order valence-electron chi connectivity index (χ0n) is 8.40. The first-order valence-electron chi connectivity index (χ1n) is 4.61. The number of carboxylic acid groups (broad SMARTS) is 1. The van der Waals surface area contributed by atoms with Gasteiger partial charge in [0.2, 0.25) is 0 Å². The third-order valence-electron chi connectivity index (χ3n) is 1.91. The van der Waals surface area contributed by atoms with E-state index in [1.807, 2.05) is 0 Å². The minimum Gasteiger partial charge on any atom is -0.478 e. The van der Waals surface area contributed by atoms with Gasteiger partial charge in [-0.3, -0.25) is 9.59 Å². The molecule has 0 fully saturated rings. The van der Waals surface area contributed by atoms with Crippen molar-refractivity contribution in [3.8, 4) is 0 Å². The molecule has 0 spiro atoms. The summed E-state index contributed by atoms with van der Waals surface area (Å²) in [6.45, 7) is 0.225. The largest absolute Gasteiger partial charge is 0.478 e. The molecule has 0 aliphatic heterocycles. The minimum atomic E-state index is -1.04. The quantitative estimate of drug-likeness (QED) is 0.712. The second-order valence-electron chi connectivity index (χ2n) is 3.03. The topological polar surface area (TPSA) is 83.5 Å². The second kappa shape index (κ2) is 5.65. The van der Waals surface area contributed by atoms with Gasteiger partial charge in [-0.25, -0.2) is 4.79 Å². The van der Waals surface area contributed by atoms with E-state index in [-0.39, 0.29) is 24.4 Å². The first-order chi connectivity index (χ1) is 7.65. The van der Waals surface area contributed by atoms with Crippen LogP contribution in [0.5, 0.6) is 0 Å². The Balaban J connectivity index is 2.63. The maximum Gasteiger partial charge on any atom is 0.335 e. The van der Waals surface area contributed by atoms with Crippen LogP contribution in [0.3, 0.4) is 0 Å². The number of aromatic carboxylic acids is 1. The molecule has 5 nitrogen and oxygen atoms in total. The van der Waals surface area contributed by atoms with E-state index in [0.29, 0.717) is 5.56 Å². The standard InChI is InChI=1S/C11H10NO4/c13-7-1-6-12-10(14)8-2-4-9(5-3-8)11(15)16/h2-5H,1,6H2,(H,12,14)(H,15,16). The van der Waals surface area contributed by atoms with Gasteiger partial charge >= 0.3 is 5.97 Å². The van der Waals surface area contributed by atoms with Crippen LogP contribution in [0, 0.1) is 0 Å². The molecule has 2 N–H and O–H groups in total. The van der Waals surface area contributed by atoms with Gasteiger partial charge in [-0.1, -0.05) is 0 Å². The summed E-state index contributed by atoms with van der Waals surface area (Å²) in [4.78, 5) is 31.9. The van der Waals surface area contributed by atoms with E-state index in [9.17, 15) is 14.4 Å². The molecule has 0 aliphatic carbocycles. The molecule has 0 saturated carbocycles. The third-order valence-corrected chi connectivity index (χ3v) is 1.91. The van der Waals surface area contributed by atoms with Crippen LogP contribution in [-0.2, 0) is 4.79 Å². The van der Waals surface area contributed by atoms with Gasteiger partial charge in [0.25, 0.3) is 5.91 Å². The van der Waals surface area contributed by atoms with Gasteiger partial charge in [0, 0.05) is 18.5 Å². The van der Waals surface area contributed by atoms with Gasteiger partial charge in [0.1, 0.15) is 0 Å². The van der Waals surface area contributed by atoms with Crippen molar-refractivity contribution in [1.29, 1.82) is 0 Å². The summed E-state index contributed by atoms with van der Waals surface area (Å²) in [6, 6.07) is 5.54. The smallest absolute Gasteiger partial charge is 0.335 e. The molecule has 0 heterocycles. The van der Waals surface area contributed by atoms with Crippen LogP contribution in [0.2, 0.25) is 0 Å². The Morgan fingerprint density at radius 1 is 1.19 bits per heavy atom. The second-order valence-corrected chi connectivity index (χ2v) is 3.03. The van der Waals surface area contributed by atoms with Crippen LogP contribution < -0.4 is 5.32 Å². The fourth-order valence-corrected chi connectivity index (χ4v) is 1.09. The zero-order valence-corrected chi connectivity index (χ0v) is 8.40. The molecule has 0 bridgehead atoms. The monoisotopic (exact) mass is 220 g/mol. The van der Waals surface area contributed by atoms with Crippen LogP contribution in [0.15, 0.2) is 24.3 Å². The van der Waals surface area contributed by atoms with Crippen LogP contribution in [0.1, 0.15) is 27.1 Å². The molecule has 0 saturated heterocycles. The molecule has 1 radical (unpaired) electrons. The van der Waals surface area contributed by atoms with Crippen molar-refractivity contribution < 1.29 is 19.5 Å². The predicted molar refractivity (Wildman–Crippen MR) is 56.0 cm³/mol. The molecule has 16 heavy (non-hydrogen) atoms. The highest BCUT2D eigenvalue weighted by Gasteiger charge is 2.06. The van der Waals surface area contributed by atoms with Crippen molar-refractivity contribution in [3.05, 3.63) is 35.4 Å². The van der Waals surface area contributed by atoms with E-state index in [2.05, 4.69) is 5.32 Å². The lowest BCUT2D eigenvalue weighted by molar-refractivity contribution is 0.0696. The van der Waals surface area contributed by atoms with Crippen LogP contribution >= 0.6 is 0 Å². The third kappa shape index (κ3) is 3.20. The molecule has 1 aromatic carbocycles. The summed E-state index contributed by atoms with van der Waals surface area (Å²) in [7, 11) is 0. The van der Waals surface area contributed by atoms with Crippen molar-refractivity contribution in [3.63, 3.8) is 0 Å². The highest BCUT2D eigenvalue weighted by molar-refractivity contribution is 5.95. The number of benzene rings is 1. The van der Waals surface area contributed by atoms with Crippen LogP contribution in [0.4, 0.5) is 0 Å². The molecular weight excluding hydrogens is 210 g/mol. The summed E-state index contributed by atoms with van der Waals surface area (Å²) in [5, 5.41) is 11.1. The molecule has 0 aliphatic rings. The summed E-state index contributed by atoms with van der Waals surface area (Å²) in [5.41, 5.74) is 0.480. The molecule has 0 aromatic heterocycles. The molecule has 1 aromatic rings. The Morgan fingerprint density at radius 3 is 2.25 bits per heavy atom. The minimum absolute atomic E-state index is 0.123. The first kappa shape index (κ1) is 11.9. The number of rotatable bonds is 5. The number of carbonyl (C=O) groups excluding carboxylic acids is 2. The van der Waals surface area contributed by atoms with E-state index < -0.39 is 5.97 Å². The van der Waals surface area contributed by atoms with Gasteiger partial charge in [0.15, 0.2) is 6.29 Å². The summed E-state index contributed by atoms with van der Waals surface area (Å²) in [6.07, 6.45) is 1.79. The van der Waals surface area contributed by atoms with Gasteiger partial charge in [-0.15, -0.1) is 0 Å². The molecule has 83 valence electrons. The Hall–Kier alpha value is -2.17. The highest BCUT2D eigenvalue weighted by Crippen LogP contribution is 2.04. The molecular formula is C11H10NO4. The van der Waals surface area contributed by atoms with Gasteiger partial charge < -0.3 is 10.4 Å². The van der Waals surface area contributed by atoms with Crippen molar-refractivity contribution in [1.82, 2.24) is 5.32 Å². The number of carboxylic acids is 1. The summed E-state index contributed by atoms with van der Waals surface area (Å²) >= 11 is 0. The first-order valence-corrected chi connectivity index (χ1v) is 4.61. The van der Waals surface area contributed by atoms with E-state index in [4.69, 9.17) is 5.11 Å². The fraction of sp³-hybridized carbons (Fsp3) is 0.182. The normalized spacial score (nSPS) is 9.50. The Morgan fingerprint density at radius 2 is 1.75 bits per heavy atom. The van der Waals surface area contributed by atoms with Crippen molar-refractivity contribution >= 4 is 18.2 Å². The fourth-order valence-electron chi connectivity index (χ4n) is 1.09. The summed E-state index contributed by atoms with van der Waals surface area (Å²) in [5.74, 6) is -1.38. The number of nitrogens with one attached hydrogen (secondary N) is 1. The zero-order chi connectivity index (χ0) is 12.0. The molecule has 0 atom stereocenters. The predicted octanol–water partition coefficient (Wildman–Crippen LogP) is 0.614. The maximum atomic E-state index is 11.4. The average Bonchev–Trinajstić information content (AvgIpc) is 2.29. The van der Waals surface area contributed by atoms with E-state index in [0.717, 1.165) is 0 Å². The van der Waals surface area contributed by atoms with Crippen molar-refractivity contribution in [2.75, 3.05) is 6.54 Å². The Bertz CT molecular complexity index is 397. The van der Waals surface area contributed by atoms with Gasteiger partial charge in [-0.2, -0.15) is 0 Å². The number of hydrogen-bond acceptors (Lipinski definition) is 3. The van der Waals surface area contributed by atoms with E-state index in [1.165, 1.54) is 24.3 Å². The van der Waals surface area contributed by atoms with Crippen LogP contribution in [0.25, 0.3) is 0 Å². The summed E-state index contributed by atoms with van der Waals surface area (Å²) < 4.78 is 0. The van der Waals surface area contributed by atoms with Crippen molar-refractivity contribution in [2.24, 2.45) is 0 Å². The Labute approximate surface area is 92.1 Å². The Kier molecular flexibility index (Phi) is 4.20. The van der Waals surface area contributed by atoms with Gasteiger partial charge in [-0.05, 0) is 24.3 Å². The number of hydrogen-bond donors (Lipinski definition) is 2. The maximum absolute atomic E-state index is 11.4. The molecule has 0 unspecified atom stereocenters. The van der Waals surface area contributed by atoms with Gasteiger partial charge in [0.05, 0.1) is 5.56 Å². The lowest BCUT2D eigenvalue weighted by Gasteiger charge is -2.02. The van der Waals surface area contributed by atoms with Crippen LogP contribution in [-0.4, -0.2) is 29.8 Å². The highest BCUT2D eigenvalue weighted by atomic mass is 16.4. The average molecular weight is 220 g/mol. The molecule has 5 heteroatoms. The molecule has 1 amide bonds. The number of amides is 1.